The molecule has 1 atom stereocenters. The van der Waals surface area contributed by atoms with Crippen molar-refractivity contribution in [2.24, 2.45) is 0 Å². The van der Waals surface area contributed by atoms with Crippen LogP contribution in [0.1, 0.15) is 0 Å². The van der Waals surface area contributed by atoms with Gasteiger partial charge in [0, 0.05) is 0 Å². The first-order valence-corrected chi connectivity index (χ1v) is 5.67. The van der Waals surface area contributed by atoms with E-state index in [1.54, 1.807) is 7.11 Å². The lowest BCUT2D eigenvalue weighted by molar-refractivity contribution is 0.263. The summed E-state index contributed by atoms with van der Waals surface area (Å²) in [7, 11) is 1.67. The molecular weight excluding hydrogens is 216 g/mol. The zero-order valence-electron chi connectivity index (χ0n) is 9.68. The standard InChI is InChI=1S/C14H14O3/c1-15-12-4-2-11-7-13(5-3-10(11)6-12)16-8-14-9-17-14/h2-7,14H,8-9H2,1H3/t14-/m0/s1. The first-order chi connectivity index (χ1) is 8.35. The van der Waals surface area contributed by atoms with Crippen LogP contribution in [0, 0.1) is 0 Å². The minimum absolute atomic E-state index is 0.293. The molecule has 3 rings (SSSR count). The van der Waals surface area contributed by atoms with E-state index in [2.05, 4.69) is 0 Å². The zero-order chi connectivity index (χ0) is 11.7. The van der Waals surface area contributed by atoms with Crippen molar-refractivity contribution >= 4 is 10.8 Å². The van der Waals surface area contributed by atoms with E-state index in [1.165, 1.54) is 0 Å². The van der Waals surface area contributed by atoms with E-state index < -0.39 is 0 Å². The molecule has 1 aliphatic rings. The quantitative estimate of drug-likeness (QED) is 0.756. The molecule has 1 aliphatic heterocycles. The average molecular weight is 230 g/mol. The van der Waals surface area contributed by atoms with Crippen molar-refractivity contribution in [3.8, 4) is 11.5 Å². The molecule has 0 saturated carbocycles. The SMILES string of the molecule is COc1ccc2cc(OC[C@H]3CO3)ccc2c1. The fraction of sp³-hybridized carbons (Fsp3) is 0.286. The van der Waals surface area contributed by atoms with Gasteiger partial charge in [-0.15, -0.1) is 0 Å². The molecule has 2 aromatic rings. The molecule has 3 nitrogen and oxygen atoms in total. The largest absolute Gasteiger partial charge is 0.497 e. The third kappa shape index (κ3) is 2.34. The second-order valence-corrected chi connectivity index (χ2v) is 4.14. The van der Waals surface area contributed by atoms with E-state index in [9.17, 15) is 0 Å². The number of rotatable bonds is 4. The molecule has 1 saturated heterocycles. The third-order valence-corrected chi connectivity index (χ3v) is 2.86. The highest BCUT2D eigenvalue weighted by molar-refractivity contribution is 5.85. The number of hydrogen-bond acceptors (Lipinski definition) is 3. The van der Waals surface area contributed by atoms with Gasteiger partial charge in [0.05, 0.1) is 13.7 Å². The summed E-state index contributed by atoms with van der Waals surface area (Å²) in [6, 6.07) is 12.1. The van der Waals surface area contributed by atoms with Gasteiger partial charge in [-0.05, 0) is 35.0 Å². The van der Waals surface area contributed by atoms with Gasteiger partial charge in [-0.3, -0.25) is 0 Å². The average Bonchev–Trinajstić information content (AvgIpc) is 3.19. The molecule has 0 amide bonds. The van der Waals surface area contributed by atoms with Crippen molar-refractivity contribution < 1.29 is 14.2 Å². The molecule has 0 bridgehead atoms. The molecule has 0 spiro atoms. The lowest BCUT2D eigenvalue weighted by Crippen LogP contribution is -2.03. The Hall–Kier alpha value is -1.74. The smallest absolute Gasteiger partial charge is 0.120 e. The predicted molar refractivity (Wildman–Crippen MR) is 65.7 cm³/mol. The molecule has 0 N–H and O–H groups in total. The molecule has 0 aromatic heterocycles. The zero-order valence-corrected chi connectivity index (χ0v) is 9.68. The van der Waals surface area contributed by atoms with Gasteiger partial charge in [0.25, 0.3) is 0 Å². The van der Waals surface area contributed by atoms with Gasteiger partial charge >= 0.3 is 0 Å². The Bertz CT molecular complexity index is 532. The summed E-state index contributed by atoms with van der Waals surface area (Å²) in [4.78, 5) is 0. The van der Waals surface area contributed by atoms with Crippen molar-refractivity contribution in [2.75, 3.05) is 20.3 Å². The highest BCUT2D eigenvalue weighted by Crippen LogP contribution is 2.25. The van der Waals surface area contributed by atoms with E-state index in [1.807, 2.05) is 36.4 Å². The summed E-state index contributed by atoms with van der Waals surface area (Å²) in [6.07, 6.45) is 0.293. The van der Waals surface area contributed by atoms with E-state index >= 15 is 0 Å². The Balaban J connectivity index is 1.84. The van der Waals surface area contributed by atoms with Crippen molar-refractivity contribution in [1.29, 1.82) is 0 Å². The maximum absolute atomic E-state index is 5.64. The minimum atomic E-state index is 0.293. The summed E-state index contributed by atoms with van der Waals surface area (Å²) in [5, 5.41) is 2.30. The Morgan fingerprint density at radius 3 is 2.41 bits per heavy atom. The van der Waals surface area contributed by atoms with Crippen LogP contribution in [-0.2, 0) is 4.74 Å². The Morgan fingerprint density at radius 2 is 1.76 bits per heavy atom. The molecule has 0 radical (unpaired) electrons. The summed E-state index contributed by atoms with van der Waals surface area (Å²) >= 11 is 0. The third-order valence-electron chi connectivity index (χ3n) is 2.86. The maximum Gasteiger partial charge on any atom is 0.120 e. The van der Waals surface area contributed by atoms with E-state index in [0.717, 1.165) is 28.9 Å². The molecule has 17 heavy (non-hydrogen) atoms. The summed E-state index contributed by atoms with van der Waals surface area (Å²) in [5.41, 5.74) is 0. The van der Waals surface area contributed by atoms with E-state index in [-0.39, 0.29) is 0 Å². The molecular formula is C14H14O3. The summed E-state index contributed by atoms with van der Waals surface area (Å²) in [6.45, 7) is 1.46. The molecule has 2 aromatic carbocycles. The Kier molecular flexibility index (Phi) is 2.61. The van der Waals surface area contributed by atoms with Gasteiger partial charge in [0.1, 0.15) is 24.2 Å². The number of benzene rings is 2. The normalized spacial score (nSPS) is 18.1. The van der Waals surface area contributed by atoms with Crippen LogP contribution in [0.2, 0.25) is 0 Å². The second kappa shape index (κ2) is 4.26. The fourth-order valence-electron chi connectivity index (χ4n) is 1.77. The number of methoxy groups -OCH3 is 1. The second-order valence-electron chi connectivity index (χ2n) is 4.14. The fourth-order valence-corrected chi connectivity index (χ4v) is 1.77. The van der Waals surface area contributed by atoms with Gasteiger partial charge < -0.3 is 14.2 Å². The molecule has 1 heterocycles. The molecule has 0 aliphatic carbocycles. The number of fused-ring (bicyclic) bond motifs is 1. The highest BCUT2D eigenvalue weighted by atomic mass is 16.6. The minimum Gasteiger partial charge on any atom is -0.497 e. The van der Waals surface area contributed by atoms with Crippen LogP contribution in [-0.4, -0.2) is 26.4 Å². The molecule has 1 fully saturated rings. The summed E-state index contributed by atoms with van der Waals surface area (Å²) in [5.74, 6) is 1.76. The first-order valence-electron chi connectivity index (χ1n) is 5.67. The van der Waals surface area contributed by atoms with Gasteiger partial charge in [0.2, 0.25) is 0 Å². The number of ether oxygens (including phenoxy) is 3. The van der Waals surface area contributed by atoms with Crippen LogP contribution >= 0.6 is 0 Å². The number of epoxide rings is 1. The van der Waals surface area contributed by atoms with Crippen LogP contribution < -0.4 is 9.47 Å². The topological polar surface area (TPSA) is 31.0 Å². The van der Waals surface area contributed by atoms with Crippen molar-refractivity contribution in [2.45, 2.75) is 6.10 Å². The van der Waals surface area contributed by atoms with E-state index in [0.29, 0.717) is 12.7 Å². The van der Waals surface area contributed by atoms with E-state index in [4.69, 9.17) is 14.2 Å². The van der Waals surface area contributed by atoms with Crippen molar-refractivity contribution in [3.05, 3.63) is 36.4 Å². The summed E-state index contributed by atoms with van der Waals surface area (Å²) < 4.78 is 15.9. The van der Waals surface area contributed by atoms with Crippen LogP contribution in [0.4, 0.5) is 0 Å². The van der Waals surface area contributed by atoms with Crippen LogP contribution in [0.3, 0.4) is 0 Å². The highest BCUT2D eigenvalue weighted by Gasteiger charge is 2.22. The lowest BCUT2D eigenvalue weighted by Gasteiger charge is -2.06. The number of hydrogen-bond donors (Lipinski definition) is 0. The maximum atomic E-state index is 5.64. The van der Waals surface area contributed by atoms with Crippen LogP contribution in [0.15, 0.2) is 36.4 Å². The molecule has 88 valence electrons. The molecule has 3 heteroatoms. The lowest BCUT2D eigenvalue weighted by atomic mass is 10.1. The molecule has 0 unspecified atom stereocenters. The predicted octanol–water partition coefficient (Wildman–Crippen LogP) is 2.63. The van der Waals surface area contributed by atoms with Crippen molar-refractivity contribution in [1.82, 2.24) is 0 Å². The van der Waals surface area contributed by atoms with Gasteiger partial charge in [0.15, 0.2) is 0 Å². The van der Waals surface area contributed by atoms with Crippen LogP contribution in [0.25, 0.3) is 10.8 Å². The van der Waals surface area contributed by atoms with Gasteiger partial charge in [-0.2, -0.15) is 0 Å². The van der Waals surface area contributed by atoms with Gasteiger partial charge in [-0.25, -0.2) is 0 Å². The monoisotopic (exact) mass is 230 g/mol. The Labute approximate surface area is 99.9 Å². The van der Waals surface area contributed by atoms with Crippen LogP contribution in [0.5, 0.6) is 11.5 Å². The first kappa shape index (κ1) is 10.4. The van der Waals surface area contributed by atoms with Crippen molar-refractivity contribution in [3.63, 3.8) is 0 Å². The Morgan fingerprint density at radius 1 is 1.12 bits per heavy atom. The van der Waals surface area contributed by atoms with Gasteiger partial charge in [-0.1, -0.05) is 12.1 Å².